The molecular formula is C10H14N6OS. The summed E-state index contributed by atoms with van der Waals surface area (Å²) in [4.78, 5) is 17.3. The maximum Gasteiger partial charge on any atom is 0.322 e. The summed E-state index contributed by atoms with van der Waals surface area (Å²) < 4.78 is 4.91. The molecule has 0 atom stereocenters. The summed E-state index contributed by atoms with van der Waals surface area (Å²) in [7, 11) is 1.48. The molecule has 0 spiro atoms. The van der Waals surface area contributed by atoms with Crippen LogP contribution in [0.5, 0.6) is 6.01 Å². The van der Waals surface area contributed by atoms with Crippen molar-refractivity contribution in [1.29, 1.82) is 0 Å². The summed E-state index contributed by atoms with van der Waals surface area (Å²) in [5.74, 6) is 0.505. The van der Waals surface area contributed by atoms with Gasteiger partial charge in [0.2, 0.25) is 11.9 Å². The Balaban J connectivity index is 2.03. The third-order valence-electron chi connectivity index (χ3n) is 2.16. The molecule has 0 aliphatic heterocycles. The van der Waals surface area contributed by atoms with Crippen LogP contribution in [0.15, 0.2) is 6.20 Å². The van der Waals surface area contributed by atoms with Gasteiger partial charge in [0, 0.05) is 11.1 Å². The van der Waals surface area contributed by atoms with E-state index in [-0.39, 0.29) is 12.0 Å². The number of nitrogens with zero attached hydrogens (tertiary/aromatic N) is 4. The number of nitrogens with two attached hydrogens (primary N) is 1. The first-order valence-electron chi connectivity index (χ1n) is 5.44. The Hall–Kier alpha value is -1.96. The van der Waals surface area contributed by atoms with Crippen LogP contribution in [-0.2, 0) is 13.0 Å². The van der Waals surface area contributed by atoms with E-state index in [2.05, 4.69) is 32.2 Å². The van der Waals surface area contributed by atoms with Gasteiger partial charge in [0.1, 0.15) is 5.01 Å². The van der Waals surface area contributed by atoms with Crippen LogP contribution in [0.2, 0.25) is 0 Å². The van der Waals surface area contributed by atoms with Crippen LogP contribution in [0.1, 0.15) is 16.8 Å². The van der Waals surface area contributed by atoms with Gasteiger partial charge in [-0.25, -0.2) is 4.98 Å². The summed E-state index contributed by atoms with van der Waals surface area (Å²) in [6, 6.07) is 0.193. The lowest BCUT2D eigenvalue weighted by molar-refractivity contribution is 0.379. The molecule has 0 fully saturated rings. The monoisotopic (exact) mass is 266 g/mol. The number of methoxy groups -OCH3 is 1. The molecule has 0 radical (unpaired) electrons. The lowest BCUT2D eigenvalue weighted by Crippen LogP contribution is -2.08. The highest BCUT2D eigenvalue weighted by molar-refractivity contribution is 7.11. The van der Waals surface area contributed by atoms with Crippen molar-refractivity contribution in [3.63, 3.8) is 0 Å². The minimum atomic E-state index is 0.123. The van der Waals surface area contributed by atoms with Crippen molar-refractivity contribution < 1.29 is 4.74 Å². The van der Waals surface area contributed by atoms with Crippen LogP contribution in [0, 0.1) is 0 Å². The Labute approximate surface area is 108 Å². The number of thiazole rings is 1. The summed E-state index contributed by atoms with van der Waals surface area (Å²) in [6.07, 6.45) is 2.87. The first-order valence-corrected chi connectivity index (χ1v) is 6.26. The fourth-order valence-electron chi connectivity index (χ4n) is 1.29. The molecule has 0 saturated heterocycles. The Morgan fingerprint density at radius 3 is 2.89 bits per heavy atom. The molecule has 0 saturated carbocycles. The lowest BCUT2D eigenvalue weighted by atomic mass is 10.4. The molecule has 2 rings (SSSR count). The van der Waals surface area contributed by atoms with Gasteiger partial charge >= 0.3 is 6.01 Å². The number of hydrogen-bond acceptors (Lipinski definition) is 8. The molecule has 18 heavy (non-hydrogen) atoms. The molecule has 0 aliphatic carbocycles. The van der Waals surface area contributed by atoms with E-state index in [1.165, 1.54) is 12.0 Å². The molecular weight excluding hydrogens is 252 g/mol. The van der Waals surface area contributed by atoms with Crippen molar-refractivity contribution in [2.45, 2.75) is 19.9 Å². The van der Waals surface area contributed by atoms with E-state index in [0.717, 1.165) is 11.4 Å². The van der Waals surface area contributed by atoms with Gasteiger partial charge in [-0.1, -0.05) is 6.92 Å². The summed E-state index contributed by atoms with van der Waals surface area (Å²) in [5, 5.41) is 4.02. The smallest absolute Gasteiger partial charge is 0.322 e. The number of aryl methyl sites for hydroxylation is 1. The van der Waals surface area contributed by atoms with Crippen molar-refractivity contribution in [2.75, 3.05) is 18.2 Å². The standard InChI is InChI=1S/C10H14N6OS/c1-3-6-4-12-7(18-6)5-13-9-14-8(11)15-10(16-9)17-2/h4H,3,5H2,1-2H3,(H3,11,13,14,15,16). The number of rotatable bonds is 5. The predicted octanol–water partition coefficient (Wildman–Crippen LogP) is 1.09. The second-order valence-corrected chi connectivity index (χ2v) is 4.63. The zero-order valence-electron chi connectivity index (χ0n) is 10.2. The molecule has 0 aromatic carbocycles. The minimum absolute atomic E-state index is 0.123. The van der Waals surface area contributed by atoms with Gasteiger partial charge in [-0.3, -0.25) is 0 Å². The third kappa shape index (κ3) is 3.04. The van der Waals surface area contributed by atoms with E-state index in [0.29, 0.717) is 12.5 Å². The molecule has 7 nitrogen and oxygen atoms in total. The topological polar surface area (TPSA) is 98.8 Å². The second kappa shape index (κ2) is 5.58. The quantitative estimate of drug-likeness (QED) is 0.835. The fraction of sp³-hybridized carbons (Fsp3) is 0.400. The van der Waals surface area contributed by atoms with Crippen LogP contribution in [0.4, 0.5) is 11.9 Å². The zero-order valence-corrected chi connectivity index (χ0v) is 11.0. The van der Waals surface area contributed by atoms with Crippen LogP contribution >= 0.6 is 11.3 Å². The SMILES string of the molecule is CCc1cnc(CNc2nc(N)nc(OC)n2)s1. The Kier molecular flexibility index (Phi) is 3.88. The predicted molar refractivity (Wildman–Crippen MR) is 69.6 cm³/mol. The molecule has 2 heterocycles. The summed E-state index contributed by atoms with van der Waals surface area (Å²) >= 11 is 1.66. The fourth-order valence-corrected chi connectivity index (χ4v) is 2.09. The molecule has 2 aromatic rings. The highest BCUT2D eigenvalue weighted by atomic mass is 32.1. The van der Waals surface area contributed by atoms with Crippen molar-refractivity contribution in [3.05, 3.63) is 16.1 Å². The number of aromatic nitrogens is 4. The number of nitrogens with one attached hydrogen (secondary N) is 1. The summed E-state index contributed by atoms with van der Waals surface area (Å²) in [6.45, 7) is 2.65. The molecule has 3 N–H and O–H groups in total. The lowest BCUT2D eigenvalue weighted by Gasteiger charge is -2.04. The Morgan fingerprint density at radius 1 is 1.39 bits per heavy atom. The van der Waals surface area contributed by atoms with Crippen molar-refractivity contribution >= 4 is 23.2 Å². The first-order chi connectivity index (χ1) is 8.71. The average Bonchev–Trinajstić information content (AvgIpc) is 2.83. The summed E-state index contributed by atoms with van der Waals surface area (Å²) in [5.41, 5.74) is 5.53. The highest BCUT2D eigenvalue weighted by Crippen LogP contribution is 2.15. The molecule has 0 aliphatic rings. The van der Waals surface area contributed by atoms with Crippen molar-refractivity contribution in [3.8, 4) is 6.01 Å². The van der Waals surface area contributed by atoms with Gasteiger partial charge in [0.25, 0.3) is 0 Å². The van der Waals surface area contributed by atoms with Gasteiger partial charge in [0.05, 0.1) is 13.7 Å². The average molecular weight is 266 g/mol. The van der Waals surface area contributed by atoms with E-state index < -0.39 is 0 Å². The van der Waals surface area contributed by atoms with Crippen LogP contribution in [0.25, 0.3) is 0 Å². The molecule has 96 valence electrons. The van der Waals surface area contributed by atoms with E-state index in [1.54, 1.807) is 11.3 Å². The van der Waals surface area contributed by atoms with Gasteiger partial charge in [0.15, 0.2) is 0 Å². The largest absolute Gasteiger partial charge is 0.467 e. The van der Waals surface area contributed by atoms with Crippen LogP contribution < -0.4 is 15.8 Å². The first kappa shape index (κ1) is 12.5. The number of nitrogen functional groups attached to an aromatic ring is 1. The van der Waals surface area contributed by atoms with Crippen molar-refractivity contribution in [1.82, 2.24) is 19.9 Å². The van der Waals surface area contributed by atoms with E-state index >= 15 is 0 Å². The number of ether oxygens (including phenoxy) is 1. The molecule has 0 unspecified atom stereocenters. The normalized spacial score (nSPS) is 10.3. The second-order valence-electron chi connectivity index (χ2n) is 3.43. The van der Waals surface area contributed by atoms with Gasteiger partial charge in [-0.15, -0.1) is 11.3 Å². The third-order valence-corrected chi connectivity index (χ3v) is 3.30. The molecule has 0 amide bonds. The van der Waals surface area contributed by atoms with Crippen LogP contribution in [0.3, 0.4) is 0 Å². The molecule has 8 heteroatoms. The van der Waals surface area contributed by atoms with Gasteiger partial charge < -0.3 is 15.8 Å². The highest BCUT2D eigenvalue weighted by Gasteiger charge is 2.05. The van der Waals surface area contributed by atoms with E-state index in [9.17, 15) is 0 Å². The van der Waals surface area contributed by atoms with E-state index in [1.807, 2.05) is 6.20 Å². The number of hydrogen-bond donors (Lipinski definition) is 2. The van der Waals surface area contributed by atoms with E-state index in [4.69, 9.17) is 10.5 Å². The molecule has 2 aromatic heterocycles. The molecule has 0 bridgehead atoms. The Bertz CT molecular complexity index is 529. The Morgan fingerprint density at radius 2 is 2.22 bits per heavy atom. The van der Waals surface area contributed by atoms with Gasteiger partial charge in [-0.05, 0) is 6.42 Å². The maximum absolute atomic E-state index is 5.53. The van der Waals surface area contributed by atoms with Crippen molar-refractivity contribution in [2.24, 2.45) is 0 Å². The maximum atomic E-state index is 5.53. The minimum Gasteiger partial charge on any atom is -0.467 e. The van der Waals surface area contributed by atoms with Crippen LogP contribution in [-0.4, -0.2) is 27.0 Å². The number of anilines is 2. The zero-order chi connectivity index (χ0) is 13.0. The van der Waals surface area contributed by atoms with Gasteiger partial charge in [-0.2, -0.15) is 15.0 Å².